The lowest BCUT2D eigenvalue weighted by Crippen LogP contribution is -2.26. The van der Waals surface area contributed by atoms with E-state index in [0.29, 0.717) is 23.7 Å². The molecule has 2 N–H and O–H groups in total. The first-order valence-corrected chi connectivity index (χ1v) is 8.62. The van der Waals surface area contributed by atoms with Crippen LogP contribution in [-0.4, -0.2) is 22.4 Å². The monoisotopic (exact) mass is 346 g/mol. The fraction of sp³-hybridized carbons (Fsp3) is 0.190. The van der Waals surface area contributed by atoms with Gasteiger partial charge < -0.3 is 10.6 Å². The molecular weight excluding hydrogens is 324 g/mol. The number of carbonyl (C=O) groups excluding carboxylic acids is 1. The van der Waals surface area contributed by atoms with Gasteiger partial charge in [-0.05, 0) is 44.0 Å². The first-order valence-electron chi connectivity index (χ1n) is 8.62. The van der Waals surface area contributed by atoms with Crippen LogP contribution in [0.2, 0.25) is 0 Å². The van der Waals surface area contributed by atoms with Crippen LogP contribution < -0.4 is 10.6 Å². The molecule has 0 unspecified atom stereocenters. The Balaban J connectivity index is 1.68. The lowest BCUT2D eigenvalue weighted by molar-refractivity contribution is 0.0955. The minimum Gasteiger partial charge on any atom is -0.352 e. The molecule has 2 aromatic carbocycles. The van der Waals surface area contributed by atoms with Crippen LogP contribution in [0.25, 0.3) is 0 Å². The molecule has 0 saturated heterocycles. The Bertz CT molecular complexity index is 873. The fourth-order valence-corrected chi connectivity index (χ4v) is 2.75. The van der Waals surface area contributed by atoms with Gasteiger partial charge in [0.2, 0.25) is 5.95 Å². The summed E-state index contributed by atoms with van der Waals surface area (Å²) >= 11 is 0. The second-order valence-corrected chi connectivity index (χ2v) is 6.14. The molecule has 26 heavy (non-hydrogen) atoms. The molecule has 0 fully saturated rings. The van der Waals surface area contributed by atoms with Crippen molar-refractivity contribution in [3.63, 3.8) is 0 Å². The van der Waals surface area contributed by atoms with Crippen molar-refractivity contribution in [3.05, 3.63) is 83.2 Å². The van der Waals surface area contributed by atoms with Gasteiger partial charge in [-0.3, -0.25) is 4.79 Å². The number of para-hydroxylation sites is 1. The van der Waals surface area contributed by atoms with Gasteiger partial charge in [-0.15, -0.1) is 0 Å². The largest absolute Gasteiger partial charge is 0.352 e. The Morgan fingerprint density at radius 1 is 0.923 bits per heavy atom. The van der Waals surface area contributed by atoms with Crippen LogP contribution >= 0.6 is 0 Å². The molecular formula is C21H22N4O. The number of aromatic nitrogens is 2. The van der Waals surface area contributed by atoms with E-state index in [-0.39, 0.29) is 5.91 Å². The van der Waals surface area contributed by atoms with Gasteiger partial charge in [0.25, 0.3) is 5.91 Å². The van der Waals surface area contributed by atoms with Gasteiger partial charge in [0.05, 0.1) is 11.3 Å². The van der Waals surface area contributed by atoms with Gasteiger partial charge in [0.1, 0.15) is 0 Å². The van der Waals surface area contributed by atoms with Crippen molar-refractivity contribution in [2.24, 2.45) is 0 Å². The maximum absolute atomic E-state index is 12.6. The summed E-state index contributed by atoms with van der Waals surface area (Å²) in [5.74, 6) is 0.375. The molecule has 0 spiro atoms. The van der Waals surface area contributed by atoms with Gasteiger partial charge in [0, 0.05) is 17.9 Å². The number of hydrogen-bond acceptors (Lipinski definition) is 4. The summed E-state index contributed by atoms with van der Waals surface area (Å²) in [6.45, 7) is 4.42. The molecule has 0 saturated carbocycles. The number of nitrogens with zero attached hydrogens (tertiary/aromatic N) is 2. The summed E-state index contributed by atoms with van der Waals surface area (Å²) in [6, 6.07) is 19.4. The zero-order valence-electron chi connectivity index (χ0n) is 15.0. The number of hydrogen-bond donors (Lipinski definition) is 2. The summed E-state index contributed by atoms with van der Waals surface area (Å²) in [5, 5.41) is 6.14. The quantitative estimate of drug-likeness (QED) is 0.712. The third-order valence-electron chi connectivity index (χ3n) is 3.94. The normalized spacial score (nSPS) is 10.4. The number of rotatable bonds is 6. The average Bonchev–Trinajstić information content (AvgIpc) is 2.62. The van der Waals surface area contributed by atoms with E-state index in [0.717, 1.165) is 17.8 Å². The minimum atomic E-state index is -0.117. The van der Waals surface area contributed by atoms with Crippen molar-refractivity contribution >= 4 is 17.5 Å². The van der Waals surface area contributed by atoms with Crippen LogP contribution in [0.4, 0.5) is 11.6 Å². The topological polar surface area (TPSA) is 66.9 Å². The summed E-state index contributed by atoms with van der Waals surface area (Å²) in [4.78, 5) is 21.3. The van der Waals surface area contributed by atoms with E-state index in [1.165, 1.54) is 5.56 Å². The summed E-state index contributed by atoms with van der Waals surface area (Å²) < 4.78 is 0. The maximum atomic E-state index is 12.6. The highest BCUT2D eigenvalue weighted by molar-refractivity contribution is 6.00. The molecule has 0 aliphatic rings. The molecule has 132 valence electrons. The van der Waals surface area contributed by atoms with E-state index in [4.69, 9.17) is 0 Å². The van der Waals surface area contributed by atoms with E-state index in [1.807, 2.05) is 56.3 Å². The standard InChI is InChI=1S/C21H22N4O/c1-15-14-16(2)24-21(23-15)25-19-11-7-6-10-18(19)20(26)22-13-12-17-8-4-3-5-9-17/h3-11,14H,12-13H2,1-2H3,(H,22,26)(H,23,24,25). The maximum Gasteiger partial charge on any atom is 0.253 e. The SMILES string of the molecule is Cc1cc(C)nc(Nc2ccccc2C(=O)NCCc2ccccc2)n1. The van der Waals surface area contributed by atoms with Crippen molar-refractivity contribution in [2.75, 3.05) is 11.9 Å². The van der Waals surface area contributed by atoms with Crippen molar-refractivity contribution in [1.82, 2.24) is 15.3 Å². The second-order valence-electron chi connectivity index (χ2n) is 6.14. The highest BCUT2D eigenvalue weighted by Gasteiger charge is 2.12. The Morgan fingerprint density at radius 3 is 2.31 bits per heavy atom. The summed E-state index contributed by atoms with van der Waals surface area (Å²) in [7, 11) is 0. The van der Waals surface area contributed by atoms with Crippen LogP contribution in [-0.2, 0) is 6.42 Å². The lowest BCUT2D eigenvalue weighted by Gasteiger charge is -2.12. The third-order valence-corrected chi connectivity index (χ3v) is 3.94. The number of benzene rings is 2. The second kappa shape index (κ2) is 8.25. The van der Waals surface area contributed by atoms with Crippen molar-refractivity contribution in [1.29, 1.82) is 0 Å². The summed E-state index contributed by atoms with van der Waals surface area (Å²) in [6.07, 6.45) is 0.794. The fourth-order valence-electron chi connectivity index (χ4n) is 2.75. The zero-order chi connectivity index (χ0) is 18.4. The van der Waals surface area contributed by atoms with E-state index in [9.17, 15) is 4.79 Å². The van der Waals surface area contributed by atoms with Crippen LogP contribution in [0.1, 0.15) is 27.3 Å². The number of amides is 1. The number of nitrogens with one attached hydrogen (secondary N) is 2. The first-order chi connectivity index (χ1) is 12.6. The van der Waals surface area contributed by atoms with Crippen molar-refractivity contribution in [3.8, 4) is 0 Å². The highest BCUT2D eigenvalue weighted by atomic mass is 16.1. The van der Waals surface area contributed by atoms with Crippen molar-refractivity contribution < 1.29 is 4.79 Å². The van der Waals surface area contributed by atoms with Gasteiger partial charge >= 0.3 is 0 Å². The van der Waals surface area contributed by atoms with Crippen LogP contribution in [0.3, 0.4) is 0 Å². The Morgan fingerprint density at radius 2 is 1.58 bits per heavy atom. The molecule has 3 aromatic rings. The first kappa shape index (κ1) is 17.6. The van der Waals surface area contributed by atoms with Gasteiger partial charge in [-0.25, -0.2) is 9.97 Å². The smallest absolute Gasteiger partial charge is 0.253 e. The molecule has 1 heterocycles. The van der Waals surface area contributed by atoms with E-state index < -0.39 is 0 Å². The van der Waals surface area contributed by atoms with Crippen LogP contribution in [0.5, 0.6) is 0 Å². The zero-order valence-corrected chi connectivity index (χ0v) is 15.0. The molecule has 1 amide bonds. The molecule has 0 atom stereocenters. The molecule has 0 radical (unpaired) electrons. The van der Waals surface area contributed by atoms with Gasteiger partial charge in [-0.1, -0.05) is 42.5 Å². The predicted molar refractivity (Wildman–Crippen MR) is 104 cm³/mol. The van der Waals surface area contributed by atoms with E-state index in [1.54, 1.807) is 6.07 Å². The molecule has 3 rings (SSSR count). The molecule has 0 bridgehead atoms. The minimum absolute atomic E-state index is 0.117. The summed E-state index contributed by atoms with van der Waals surface area (Å²) in [5.41, 5.74) is 4.22. The molecule has 5 nitrogen and oxygen atoms in total. The number of anilines is 2. The molecule has 0 aliphatic carbocycles. The Hall–Kier alpha value is -3.21. The molecule has 5 heteroatoms. The van der Waals surface area contributed by atoms with Gasteiger partial charge in [-0.2, -0.15) is 0 Å². The predicted octanol–water partition coefficient (Wildman–Crippen LogP) is 3.81. The lowest BCUT2D eigenvalue weighted by atomic mass is 10.1. The van der Waals surface area contributed by atoms with Gasteiger partial charge in [0.15, 0.2) is 0 Å². The van der Waals surface area contributed by atoms with Crippen LogP contribution in [0.15, 0.2) is 60.7 Å². The van der Waals surface area contributed by atoms with Crippen molar-refractivity contribution in [2.45, 2.75) is 20.3 Å². The Labute approximate surface area is 153 Å². The Kier molecular flexibility index (Phi) is 5.59. The molecule has 0 aliphatic heterocycles. The average molecular weight is 346 g/mol. The highest BCUT2D eigenvalue weighted by Crippen LogP contribution is 2.19. The number of carbonyl (C=O) groups is 1. The van der Waals surface area contributed by atoms with Crippen LogP contribution in [0, 0.1) is 13.8 Å². The van der Waals surface area contributed by atoms with E-state index in [2.05, 4.69) is 32.7 Å². The number of aryl methyl sites for hydroxylation is 2. The third kappa shape index (κ3) is 4.66. The molecule has 1 aromatic heterocycles. The van der Waals surface area contributed by atoms with E-state index >= 15 is 0 Å².